The Balaban J connectivity index is 2.41. The summed E-state index contributed by atoms with van der Waals surface area (Å²) in [6.07, 6.45) is 0. The average Bonchev–Trinajstić information content (AvgIpc) is 2.87. The van der Waals surface area contributed by atoms with Crippen LogP contribution in [0, 0.1) is 21.8 Å². The van der Waals surface area contributed by atoms with E-state index in [4.69, 9.17) is 9.84 Å². The predicted octanol–water partition coefficient (Wildman–Crippen LogP) is 4.20. The number of aromatic carboxylic acids is 1. The summed E-state index contributed by atoms with van der Waals surface area (Å²) in [6.45, 7) is 4.17. The number of carboxylic acids is 1. The van der Waals surface area contributed by atoms with Crippen LogP contribution in [-0.2, 0) is 0 Å². The van der Waals surface area contributed by atoms with Crippen LogP contribution in [0.25, 0.3) is 10.4 Å². The second-order valence-electron chi connectivity index (χ2n) is 5.24. The molecule has 0 atom stereocenters. The van der Waals surface area contributed by atoms with Crippen LogP contribution >= 0.6 is 11.3 Å². The molecule has 1 heterocycles. The molecule has 0 radical (unpaired) electrons. The third kappa shape index (κ3) is 3.84. The number of benzene rings is 1. The van der Waals surface area contributed by atoms with E-state index in [9.17, 15) is 19.3 Å². The van der Waals surface area contributed by atoms with Crippen LogP contribution in [0.3, 0.4) is 0 Å². The number of thiophene rings is 1. The number of hydrogen-bond donors (Lipinski definition) is 1. The Morgan fingerprint density at radius 3 is 2.65 bits per heavy atom. The monoisotopic (exact) mass is 339 g/mol. The van der Waals surface area contributed by atoms with Gasteiger partial charge in [-0.2, -0.15) is 0 Å². The molecule has 8 heteroatoms. The van der Waals surface area contributed by atoms with Gasteiger partial charge in [-0.3, -0.25) is 10.1 Å². The number of nitrogens with zero attached hydrogens (tertiary/aromatic N) is 1. The van der Waals surface area contributed by atoms with Crippen molar-refractivity contribution in [3.05, 3.63) is 45.1 Å². The number of ether oxygens (including phenoxy) is 1. The molecule has 122 valence electrons. The highest BCUT2D eigenvalue weighted by atomic mass is 32.1. The molecule has 23 heavy (non-hydrogen) atoms. The maximum atomic E-state index is 13.6. The standard InChI is InChI=1S/C15H14FNO5S/c1-8(2)7-22-12-4-3-9(5-11(12)17(20)21)13-6-10(16)14(23-13)15(18)19/h3-6,8H,7H2,1-2H3,(H,18,19). The van der Waals surface area contributed by atoms with Gasteiger partial charge >= 0.3 is 11.7 Å². The molecule has 0 saturated carbocycles. The van der Waals surface area contributed by atoms with Crippen molar-refractivity contribution in [2.75, 3.05) is 6.61 Å². The molecule has 0 spiro atoms. The van der Waals surface area contributed by atoms with Gasteiger partial charge in [0.15, 0.2) is 5.75 Å². The SMILES string of the molecule is CC(C)COc1ccc(-c2cc(F)c(C(=O)O)s2)cc1[N+](=O)[O-]. The average molecular weight is 339 g/mol. The van der Waals surface area contributed by atoms with Crippen LogP contribution in [0.15, 0.2) is 24.3 Å². The fraction of sp³-hybridized carbons (Fsp3) is 0.267. The number of carboxylic acid groups (broad SMARTS) is 1. The molecule has 0 aliphatic rings. The van der Waals surface area contributed by atoms with Crippen molar-refractivity contribution in [3.63, 3.8) is 0 Å². The first kappa shape index (κ1) is 16.9. The zero-order chi connectivity index (χ0) is 17.1. The maximum Gasteiger partial charge on any atom is 0.348 e. The van der Waals surface area contributed by atoms with E-state index >= 15 is 0 Å². The molecular weight excluding hydrogens is 325 g/mol. The van der Waals surface area contributed by atoms with E-state index in [1.807, 2.05) is 13.8 Å². The lowest BCUT2D eigenvalue weighted by atomic mass is 10.1. The van der Waals surface area contributed by atoms with Crippen LogP contribution in [0.2, 0.25) is 0 Å². The number of halogens is 1. The molecule has 2 aromatic rings. The Hall–Kier alpha value is -2.48. The molecule has 1 N–H and O–H groups in total. The topological polar surface area (TPSA) is 89.7 Å². The number of hydrogen-bond acceptors (Lipinski definition) is 5. The van der Waals surface area contributed by atoms with Crippen molar-refractivity contribution >= 4 is 23.0 Å². The highest BCUT2D eigenvalue weighted by Crippen LogP contribution is 2.36. The lowest BCUT2D eigenvalue weighted by Gasteiger charge is -2.09. The molecule has 0 bridgehead atoms. The number of rotatable bonds is 6. The summed E-state index contributed by atoms with van der Waals surface area (Å²) in [7, 11) is 0. The minimum Gasteiger partial charge on any atom is -0.487 e. The van der Waals surface area contributed by atoms with E-state index in [-0.39, 0.29) is 17.4 Å². The Bertz CT molecular complexity index is 756. The van der Waals surface area contributed by atoms with Crippen LogP contribution < -0.4 is 4.74 Å². The Labute approximate surface area is 135 Å². The summed E-state index contributed by atoms with van der Waals surface area (Å²) < 4.78 is 19.0. The fourth-order valence-corrected chi connectivity index (χ4v) is 2.72. The van der Waals surface area contributed by atoms with Crippen LogP contribution in [-0.4, -0.2) is 22.6 Å². The van der Waals surface area contributed by atoms with E-state index in [1.165, 1.54) is 12.1 Å². The first-order valence-electron chi connectivity index (χ1n) is 6.73. The van der Waals surface area contributed by atoms with Crippen molar-refractivity contribution in [2.24, 2.45) is 5.92 Å². The van der Waals surface area contributed by atoms with Crippen LogP contribution in [0.1, 0.15) is 23.5 Å². The molecule has 0 aliphatic heterocycles. The van der Waals surface area contributed by atoms with Gasteiger partial charge in [-0.25, -0.2) is 9.18 Å². The van der Waals surface area contributed by atoms with Crippen LogP contribution in [0.5, 0.6) is 5.75 Å². The number of carbonyl (C=O) groups is 1. The molecular formula is C15H14FNO5S. The molecule has 6 nitrogen and oxygen atoms in total. The molecule has 0 amide bonds. The summed E-state index contributed by atoms with van der Waals surface area (Å²) in [6, 6.07) is 5.29. The summed E-state index contributed by atoms with van der Waals surface area (Å²) >= 11 is 0.727. The van der Waals surface area contributed by atoms with Crippen LogP contribution in [0.4, 0.5) is 10.1 Å². The molecule has 2 rings (SSSR count). The van der Waals surface area contributed by atoms with Gasteiger partial charge in [0.2, 0.25) is 0 Å². The Morgan fingerprint density at radius 2 is 2.13 bits per heavy atom. The highest BCUT2D eigenvalue weighted by Gasteiger charge is 2.20. The van der Waals surface area contributed by atoms with E-state index in [0.717, 1.165) is 17.4 Å². The summed E-state index contributed by atoms with van der Waals surface area (Å²) in [4.78, 5) is 21.4. The fourth-order valence-electron chi connectivity index (χ4n) is 1.85. The van der Waals surface area contributed by atoms with E-state index in [2.05, 4.69) is 0 Å². The molecule has 0 saturated heterocycles. The summed E-state index contributed by atoms with van der Waals surface area (Å²) in [5.41, 5.74) is 0.124. The molecule has 0 unspecified atom stereocenters. The first-order chi connectivity index (χ1) is 10.8. The largest absolute Gasteiger partial charge is 0.487 e. The van der Waals surface area contributed by atoms with Crippen molar-refractivity contribution in [1.29, 1.82) is 0 Å². The van der Waals surface area contributed by atoms with Gasteiger partial charge in [0.1, 0.15) is 10.7 Å². The molecule has 1 aromatic heterocycles. The van der Waals surface area contributed by atoms with E-state index in [1.54, 1.807) is 6.07 Å². The maximum absolute atomic E-state index is 13.6. The third-order valence-corrected chi connectivity index (χ3v) is 4.04. The van der Waals surface area contributed by atoms with E-state index in [0.29, 0.717) is 17.0 Å². The quantitative estimate of drug-likeness (QED) is 0.629. The minimum atomic E-state index is -1.37. The van der Waals surface area contributed by atoms with Gasteiger partial charge in [0, 0.05) is 10.9 Å². The highest BCUT2D eigenvalue weighted by molar-refractivity contribution is 7.17. The van der Waals surface area contributed by atoms with Gasteiger partial charge in [-0.05, 0) is 29.7 Å². The lowest BCUT2D eigenvalue weighted by molar-refractivity contribution is -0.385. The first-order valence-corrected chi connectivity index (χ1v) is 7.55. The third-order valence-electron chi connectivity index (χ3n) is 2.89. The number of nitro benzene ring substituents is 1. The summed E-state index contributed by atoms with van der Waals surface area (Å²) in [5, 5.41) is 20.1. The predicted molar refractivity (Wildman–Crippen MR) is 83.7 cm³/mol. The zero-order valence-corrected chi connectivity index (χ0v) is 13.2. The second kappa shape index (κ2) is 6.74. The Kier molecular flexibility index (Phi) is 4.95. The van der Waals surface area contributed by atoms with Crippen molar-refractivity contribution in [2.45, 2.75) is 13.8 Å². The smallest absolute Gasteiger partial charge is 0.348 e. The van der Waals surface area contributed by atoms with Crippen molar-refractivity contribution in [3.8, 4) is 16.2 Å². The molecule has 0 aliphatic carbocycles. The minimum absolute atomic E-state index is 0.128. The van der Waals surface area contributed by atoms with Gasteiger partial charge in [-0.1, -0.05) is 13.8 Å². The van der Waals surface area contributed by atoms with Gasteiger partial charge in [-0.15, -0.1) is 11.3 Å². The normalized spacial score (nSPS) is 10.8. The van der Waals surface area contributed by atoms with E-state index < -0.39 is 21.6 Å². The Morgan fingerprint density at radius 1 is 1.43 bits per heavy atom. The van der Waals surface area contributed by atoms with Gasteiger partial charge < -0.3 is 9.84 Å². The lowest BCUT2D eigenvalue weighted by Crippen LogP contribution is -2.06. The van der Waals surface area contributed by atoms with Crippen molar-refractivity contribution in [1.82, 2.24) is 0 Å². The molecule has 0 fully saturated rings. The van der Waals surface area contributed by atoms with Gasteiger partial charge in [0.25, 0.3) is 0 Å². The summed E-state index contributed by atoms with van der Waals surface area (Å²) in [5.74, 6) is -1.90. The van der Waals surface area contributed by atoms with Gasteiger partial charge in [0.05, 0.1) is 11.5 Å². The van der Waals surface area contributed by atoms with Crippen molar-refractivity contribution < 1.29 is 24.0 Å². The molecule has 1 aromatic carbocycles. The zero-order valence-electron chi connectivity index (χ0n) is 12.4. The number of nitro groups is 1. The second-order valence-corrected chi connectivity index (χ2v) is 6.29.